The normalized spacial score (nSPS) is 11.7. The van der Waals surface area contributed by atoms with Gasteiger partial charge in [-0.3, -0.25) is 9.59 Å². The summed E-state index contributed by atoms with van der Waals surface area (Å²) in [5.74, 6) is -1.46. The molecular weight excluding hydrogens is 344 g/mol. The van der Waals surface area contributed by atoms with Crippen LogP contribution in [0, 0.1) is 20.8 Å². The number of rotatable bonds is 7. The molecule has 0 radical (unpaired) electrons. The van der Waals surface area contributed by atoms with E-state index in [4.69, 9.17) is 9.84 Å². The van der Waals surface area contributed by atoms with Crippen molar-refractivity contribution in [3.8, 4) is 0 Å². The van der Waals surface area contributed by atoms with E-state index in [1.807, 2.05) is 63.2 Å². The molecule has 144 valence electrons. The minimum Gasteiger partial charge on any atom is -0.394 e. The summed E-state index contributed by atoms with van der Waals surface area (Å²) < 4.78 is 5.61. The quantitative estimate of drug-likeness (QED) is 0.653. The minimum atomic E-state index is -0.734. The van der Waals surface area contributed by atoms with Crippen molar-refractivity contribution in [3.05, 3.63) is 64.7 Å². The van der Waals surface area contributed by atoms with Crippen LogP contribution in [-0.2, 0) is 14.3 Å². The fourth-order valence-corrected chi connectivity index (χ4v) is 2.70. The minimum absolute atomic E-state index is 0.122. The van der Waals surface area contributed by atoms with Crippen LogP contribution >= 0.6 is 0 Å². The van der Waals surface area contributed by atoms with Crippen LogP contribution in [0.5, 0.6) is 0 Å². The van der Waals surface area contributed by atoms with Crippen molar-refractivity contribution in [1.82, 2.24) is 5.32 Å². The molecule has 0 aliphatic heterocycles. The highest BCUT2D eigenvalue weighted by molar-refractivity contribution is 6.39. The van der Waals surface area contributed by atoms with Gasteiger partial charge < -0.3 is 20.5 Å². The van der Waals surface area contributed by atoms with E-state index in [0.29, 0.717) is 5.69 Å². The predicted octanol–water partition coefficient (Wildman–Crippen LogP) is 2.42. The first-order valence-electron chi connectivity index (χ1n) is 8.86. The zero-order chi connectivity index (χ0) is 19.8. The van der Waals surface area contributed by atoms with Crippen molar-refractivity contribution in [2.24, 2.45) is 0 Å². The Morgan fingerprint density at radius 3 is 2.22 bits per heavy atom. The number of ether oxygens (including phenoxy) is 1. The Kier molecular flexibility index (Phi) is 7.52. The van der Waals surface area contributed by atoms with E-state index in [1.165, 1.54) is 0 Å². The molecule has 0 bridgehead atoms. The summed E-state index contributed by atoms with van der Waals surface area (Å²) in [4.78, 5) is 24.4. The number of benzene rings is 2. The van der Waals surface area contributed by atoms with E-state index in [0.717, 1.165) is 22.3 Å². The van der Waals surface area contributed by atoms with E-state index in [1.54, 1.807) is 0 Å². The van der Waals surface area contributed by atoms with E-state index in [2.05, 4.69) is 10.6 Å². The number of anilines is 1. The van der Waals surface area contributed by atoms with Gasteiger partial charge in [-0.25, -0.2) is 0 Å². The third-order valence-electron chi connectivity index (χ3n) is 4.23. The molecule has 2 aromatic rings. The van der Waals surface area contributed by atoms with Crippen molar-refractivity contribution in [1.29, 1.82) is 0 Å². The molecule has 27 heavy (non-hydrogen) atoms. The number of aliphatic hydroxyl groups is 1. The monoisotopic (exact) mass is 370 g/mol. The molecule has 2 aromatic carbocycles. The predicted molar refractivity (Wildman–Crippen MR) is 105 cm³/mol. The van der Waals surface area contributed by atoms with Crippen LogP contribution in [0.2, 0.25) is 0 Å². The second-order valence-electron chi connectivity index (χ2n) is 6.42. The lowest BCUT2D eigenvalue weighted by Gasteiger charge is -2.19. The van der Waals surface area contributed by atoms with Crippen molar-refractivity contribution < 1.29 is 19.4 Å². The summed E-state index contributed by atoms with van der Waals surface area (Å²) in [6, 6.07) is 13.3. The standard InChI is InChI=1S/C21H26N2O4/c1-14-7-9-17(10-8-14)18(27-12-11-24)13-22-20(25)21(26)23-19-15(2)5-4-6-16(19)3/h4-10,18,24H,11-13H2,1-3H3,(H,22,25)(H,23,26). The molecule has 0 spiro atoms. The lowest BCUT2D eigenvalue weighted by molar-refractivity contribution is -0.136. The Morgan fingerprint density at radius 2 is 1.63 bits per heavy atom. The maximum absolute atomic E-state index is 12.2. The number of nitrogens with one attached hydrogen (secondary N) is 2. The Labute approximate surface area is 159 Å². The lowest BCUT2D eigenvalue weighted by Crippen LogP contribution is -2.38. The molecule has 0 aliphatic carbocycles. The SMILES string of the molecule is Cc1ccc(C(CNC(=O)C(=O)Nc2c(C)cccc2C)OCCO)cc1. The number of carbonyl (C=O) groups is 2. The molecule has 0 aliphatic rings. The summed E-state index contributed by atoms with van der Waals surface area (Å²) >= 11 is 0. The number of aryl methyl sites for hydroxylation is 3. The van der Waals surface area contributed by atoms with Gasteiger partial charge in [0.15, 0.2) is 0 Å². The molecule has 0 fully saturated rings. The molecule has 6 heteroatoms. The fourth-order valence-electron chi connectivity index (χ4n) is 2.70. The maximum atomic E-state index is 12.2. The summed E-state index contributed by atoms with van der Waals surface area (Å²) in [6.45, 7) is 5.87. The van der Waals surface area contributed by atoms with Gasteiger partial charge in [-0.15, -0.1) is 0 Å². The summed E-state index contributed by atoms with van der Waals surface area (Å²) in [6.07, 6.45) is -0.449. The van der Waals surface area contributed by atoms with E-state index >= 15 is 0 Å². The Bertz CT molecular complexity index is 767. The molecule has 0 aromatic heterocycles. The number of aliphatic hydroxyl groups excluding tert-OH is 1. The summed E-state index contributed by atoms with van der Waals surface area (Å²) in [7, 11) is 0. The third-order valence-corrected chi connectivity index (χ3v) is 4.23. The van der Waals surface area contributed by atoms with Gasteiger partial charge in [0.25, 0.3) is 0 Å². The smallest absolute Gasteiger partial charge is 0.313 e. The van der Waals surface area contributed by atoms with Crippen molar-refractivity contribution >= 4 is 17.5 Å². The Balaban J connectivity index is 1.99. The topological polar surface area (TPSA) is 87.7 Å². The molecule has 6 nitrogen and oxygen atoms in total. The number of hydrogen-bond donors (Lipinski definition) is 3. The first kappa shape index (κ1) is 20.6. The van der Waals surface area contributed by atoms with Gasteiger partial charge in [0.1, 0.15) is 0 Å². The summed E-state index contributed by atoms with van der Waals surface area (Å²) in [5.41, 5.74) is 4.39. The first-order chi connectivity index (χ1) is 12.9. The molecule has 2 amide bonds. The highest BCUT2D eigenvalue weighted by Gasteiger charge is 2.19. The number of para-hydroxylation sites is 1. The number of hydrogen-bond acceptors (Lipinski definition) is 4. The van der Waals surface area contributed by atoms with Gasteiger partial charge in [-0.05, 0) is 37.5 Å². The Hall–Kier alpha value is -2.70. The number of amides is 2. The molecule has 0 saturated heterocycles. The van der Waals surface area contributed by atoms with Crippen molar-refractivity contribution in [2.75, 3.05) is 25.1 Å². The molecule has 1 unspecified atom stereocenters. The van der Waals surface area contributed by atoms with E-state index in [-0.39, 0.29) is 19.8 Å². The van der Waals surface area contributed by atoms with E-state index in [9.17, 15) is 9.59 Å². The highest BCUT2D eigenvalue weighted by Crippen LogP contribution is 2.20. The molecule has 0 heterocycles. The molecular formula is C21H26N2O4. The fraction of sp³-hybridized carbons (Fsp3) is 0.333. The highest BCUT2D eigenvalue weighted by atomic mass is 16.5. The first-order valence-corrected chi connectivity index (χ1v) is 8.86. The number of carbonyl (C=O) groups excluding carboxylic acids is 2. The van der Waals surface area contributed by atoms with Crippen LogP contribution in [0.4, 0.5) is 5.69 Å². The zero-order valence-electron chi connectivity index (χ0n) is 15.9. The van der Waals surface area contributed by atoms with Crippen molar-refractivity contribution in [2.45, 2.75) is 26.9 Å². The molecule has 0 saturated carbocycles. The van der Waals surface area contributed by atoms with Crippen LogP contribution in [0.15, 0.2) is 42.5 Å². The third kappa shape index (κ3) is 5.91. The van der Waals surface area contributed by atoms with Gasteiger partial charge in [0, 0.05) is 12.2 Å². The van der Waals surface area contributed by atoms with Crippen LogP contribution in [0.3, 0.4) is 0 Å². The van der Waals surface area contributed by atoms with Gasteiger partial charge in [-0.1, -0.05) is 48.0 Å². The van der Waals surface area contributed by atoms with Crippen LogP contribution in [0.1, 0.15) is 28.4 Å². The average Bonchev–Trinajstić information content (AvgIpc) is 2.65. The van der Waals surface area contributed by atoms with Crippen LogP contribution in [0.25, 0.3) is 0 Å². The van der Waals surface area contributed by atoms with Gasteiger partial charge in [-0.2, -0.15) is 0 Å². The van der Waals surface area contributed by atoms with Crippen LogP contribution in [-0.4, -0.2) is 36.7 Å². The Morgan fingerprint density at radius 1 is 1.00 bits per heavy atom. The van der Waals surface area contributed by atoms with Gasteiger partial charge in [0.05, 0.1) is 19.3 Å². The lowest BCUT2D eigenvalue weighted by atomic mass is 10.1. The molecule has 1 atom stereocenters. The molecule has 3 N–H and O–H groups in total. The van der Waals surface area contributed by atoms with Gasteiger partial charge >= 0.3 is 11.8 Å². The van der Waals surface area contributed by atoms with Crippen molar-refractivity contribution in [3.63, 3.8) is 0 Å². The second-order valence-corrected chi connectivity index (χ2v) is 6.42. The van der Waals surface area contributed by atoms with Gasteiger partial charge in [0.2, 0.25) is 0 Å². The van der Waals surface area contributed by atoms with Crippen LogP contribution < -0.4 is 10.6 Å². The molecule has 2 rings (SSSR count). The largest absolute Gasteiger partial charge is 0.394 e. The second kappa shape index (κ2) is 9.85. The summed E-state index contributed by atoms with van der Waals surface area (Å²) in [5, 5.41) is 14.3. The van der Waals surface area contributed by atoms with E-state index < -0.39 is 17.9 Å². The average molecular weight is 370 g/mol. The maximum Gasteiger partial charge on any atom is 0.313 e. The zero-order valence-corrected chi connectivity index (χ0v) is 15.9.